The molecule has 0 aromatic heterocycles. The number of Topliss-reactive ketones (excluding diaryl/α,β-unsaturated/α-hetero) is 1. The number of halogens is 1. The maximum Gasteiger partial charge on any atom is 0.295 e. The number of unbranched alkanes of at least 4 members (excludes halogenated alkanes) is 2. The molecule has 1 saturated heterocycles. The number of benzene rings is 2. The molecular weight excluding hydrogens is 459 g/mol. The third-order valence-electron chi connectivity index (χ3n) is 6.75. The van der Waals surface area contributed by atoms with E-state index in [0.29, 0.717) is 36.6 Å². The van der Waals surface area contributed by atoms with Gasteiger partial charge in [-0.05, 0) is 55.8 Å². The van der Waals surface area contributed by atoms with Crippen LogP contribution in [0.25, 0.3) is 5.76 Å². The molecule has 1 heterocycles. The molecule has 0 radical (unpaired) electrons. The highest BCUT2D eigenvalue weighted by atomic mass is 19.1. The molecule has 1 N–H and O–H groups in total. The fraction of sp³-hybridized carbons (Fsp3) is 0.448. The van der Waals surface area contributed by atoms with Gasteiger partial charge in [0.25, 0.3) is 11.7 Å². The largest absolute Gasteiger partial charge is 0.507 e. The Hall–Kier alpha value is -3.19. The van der Waals surface area contributed by atoms with Crippen molar-refractivity contribution >= 4 is 17.4 Å². The lowest BCUT2D eigenvalue weighted by atomic mass is 9.95. The SMILES string of the molecule is CCCCCOc1ccc(C2/C(=C(/O)c3ccc(C)c(F)c3)C(=O)C(=O)N2CCN(CC)CC)cc1. The maximum atomic E-state index is 14.3. The number of carbonyl (C=O) groups excluding carboxylic acids is 2. The molecule has 36 heavy (non-hydrogen) atoms. The van der Waals surface area contributed by atoms with E-state index < -0.39 is 23.5 Å². The number of aryl methyl sites for hydroxylation is 1. The molecule has 1 fully saturated rings. The molecule has 1 atom stereocenters. The number of likely N-dealkylation sites (tertiary alicyclic amines) is 1. The van der Waals surface area contributed by atoms with E-state index in [4.69, 9.17) is 4.74 Å². The number of carbonyl (C=O) groups is 2. The van der Waals surface area contributed by atoms with Crippen LogP contribution < -0.4 is 4.74 Å². The van der Waals surface area contributed by atoms with Gasteiger partial charge in [-0.3, -0.25) is 9.59 Å². The number of hydrogen-bond acceptors (Lipinski definition) is 5. The highest BCUT2D eigenvalue weighted by Crippen LogP contribution is 2.39. The number of amides is 1. The lowest BCUT2D eigenvalue weighted by Gasteiger charge is -2.28. The molecule has 2 aromatic rings. The Balaban J connectivity index is 2.00. The van der Waals surface area contributed by atoms with Crippen molar-refractivity contribution in [3.63, 3.8) is 0 Å². The minimum atomic E-state index is -0.779. The van der Waals surface area contributed by atoms with Gasteiger partial charge in [-0.1, -0.05) is 57.9 Å². The molecule has 0 spiro atoms. The molecule has 1 unspecified atom stereocenters. The fourth-order valence-electron chi connectivity index (χ4n) is 4.43. The highest BCUT2D eigenvalue weighted by Gasteiger charge is 2.46. The zero-order valence-corrected chi connectivity index (χ0v) is 21.7. The third-order valence-corrected chi connectivity index (χ3v) is 6.75. The highest BCUT2D eigenvalue weighted by molar-refractivity contribution is 6.46. The van der Waals surface area contributed by atoms with E-state index in [0.717, 1.165) is 32.4 Å². The van der Waals surface area contributed by atoms with E-state index in [-0.39, 0.29) is 16.9 Å². The first-order chi connectivity index (χ1) is 17.3. The van der Waals surface area contributed by atoms with E-state index in [2.05, 4.69) is 11.8 Å². The monoisotopic (exact) mass is 496 g/mol. The van der Waals surface area contributed by atoms with Crippen LogP contribution in [0.2, 0.25) is 0 Å². The van der Waals surface area contributed by atoms with E-state index >= 15 is 0 Å². The van der Waals surface area contributed by atoms with Gasteiger partial charge in [-0.2, -0.15) is 0 Å². The molecule has 0 saturated carbocycles. The lowest BCUT2D eigenvalue weighted by molar-refractivity contribution is -0.140. The predicted molar refractivity (Wildman–Crippen MR) is 139 cm³/mol. The number of aliphatic hydroxyl groups is 1. The number of likely N-dealkylation sites (N-methyl/N-ethyl adjacent to an activating group) is 1. The summed E-state index contributed by atoms with van der Waals surface area (Å²) >= 11 is 0. The van der Waals surface area contributed by atoms with Gasteiger partial charge in [0.2, 0.25) is 0 Å². The molecule has 1 aliphatic rings. The van der Waals surface area contributed by atoms with Gasteiger partial charge >= 0.3 is 0 Å². The summed E-state index contributed by atoms with van der Waals surface area (Å²) in [6, 6.07) is 10.8. The zero-order chi connectivity index (χ0) is 26.2. The van der Waals surface area contributed by atoms with Gasteiger partial charge in [0.15, 0.2) is 0 Å². The van der Waals surface area contributed by atoms with Crippen LogP contribution in [0.3, 0.4) is 0 Å². The van der Waals surface area contributed by atoms with Gasteiger partial charge in [0, 0.05) is 18.7 Å². The number of rotatable bonds is 12. The first-order valence-electron chi connectivity index (χ1n) is 12.8. The molecule has 6 nitrogen and oxygen atoms in total. The molecule has 0 aliphatic carbocycles. The van der Waals surface area contributed by atoms with Gasteiger partial charge in [-0.25, -0.2) is 4.39 Å². The summed E-state index contributed by atoms with van der Waals surface area (Å²) in [6.07, 6.45) is 3.18. The predicted octanol–water partition coefficient (Wildman–Crippen LogP) is 5.47. The number of hydrogen-bond donors (Lipinski definition) is 1. The first-order valence-corrected chi connectivity index (χ1v) is 12.8. The summed E-state index contributed by atoms with van der Waals surface area (Å²) in [5.74, 6) is -1.59. The van der Waals surface area contributed by atoms with Crippen molar-refractivity contribution in [3.05, 3.63) is 70.5 Å². The average molecular weight is 497 g/mol. The molecule has 1 aliphatic heterocycles. The van der Waals surface area contributed by atoms with Crippen molar-refractivity contribution in [2.45, 2.75) is 53.0 Å². The van der Waals surface area contributed by atoms with Crippen LogP contribution in [0, 0.1) is 12.7 Å². The number of ketones is 1. The summed E-state index contributed by atoms with van der Waals surface area (Å²) < 4.78 is 20.1. The summed E-state index contributed by atoms with van der Waals surface area (Å²) in [7, 11) is 0. The first kappa shape index (κ1) is 27.4. The molecule has 3 rings (SSSR count). The summed E-state index contributed by atoms with van der Waals surface area (Å²) in [5.41, 5.74) is 1.25. The van der Waals surface area contributed by atoms with Crippen LogP contribution in [0.15, 0.2) is 48.0 Å². The normalized spacial score (nSPS) is 17.3. The molecular formula is C29H37FN2O4. The van der Waals surface area contributed by atoms with Crippen LogP contribution in [0.5, 0.6) is 5.75 Å². The van der Waals surface area contributed by atoms with Crippen LogP contribution >= 0.6 is 0 Å². The Morgan fingerprint density at radius 2 is 1.75 bits per heavy atom. The number of nitrogens with zero attached hydrogens (tertiary/aromatic N) is 2. The van der Waals surface area contributed by atoms with Gasteiger partial charge in [-0.15, -0.1) is 0 Å². The molecule has 7 heteroatoms. The lowest BCUT2D eigenvalue weighted by Crippen LogP contribution is -2.38. The Bertz CT molecular complexity index is 1090. The van der Waals surface area contributed by atoms with Crippen molar-refractivity contribution in [3.8, 4) is 5.75 Å². The average Bonchev–Trinajstić information content (AvgIpc) is 3.13. The van der Waals surface area contributed by atoms with E-state index in [9.17, 15) is 19.1 Å². The summed E-state index contributed by atoms with van der Waals surface area (Å²) in [5, 5.41) is 11.1. The topological polar surface area (TPSA) is 70.1 Å². The van der Waals surface area contributed by atoms with E-state index in [1.807, 2.05) is 38.1 Å². The minimum Gasteiger partial charge on any atom is -0.507 e. The smallest absolute Gasteiger partial charge is 0.295 e. The second-order valence-corrected chi connectivity index (χ2v) is 9.11. The van der Waals surface area contributed by atoms with Crippen molar-refractivity contribution in [1.82, 2.24) is 9.80 Å². The quantitative estimate of drug-likeness (QED) is 0.183. The van der Waals surface area contributed by atoms with Crippen LogP contribution in [-0.4, -0.2) is 59.4 Å². The second kappa shape index (κ2) is 12.7. The molecule has 0 bridgehead atoms. The van der Waals surface area contributed by atoms with E-state index in [1.165, 1.54) is 11.0 Å². The van der Waals surface area contributed by atoms with Crippen LogP contribution in [0.4, 0.5) is 4.39 Å². The third kappa shape index (κ3) is 6.13. The second-order valence-electron chi connectivity index (χ2n) is 9.11. The number of aliphatic hydroxyl groups excluding tert-OH is 1. The molecule has 1 amide bonds. The van der Waals surface area contributed by atoms with Crippen LogP contribution in [-0.2, 0) is 9.59 Å². The van der Waals surface area contributed by atoms with Crippen molar-refractivity contribution in [2.75, 3.05) is 32.8 Å². The Labute approximate surface area is 213 Å². The van der Waals surface area contributed by atoms with Gasteiger partial charge in [0.1, 0.15) is 17.3 Å². The standard InChI is InChI=1S/C29H37FN2O4/c1-5-8-9-18-36-23-14-12-21(13-15-23)26-25(27(33)22-11-10-20(4)24(30)19-22)28(34)29(35)32(26)17-16-31(6-2)7-3/h10-15,19,26,33H,5-9,16-18H2,1-4H3/b27-25-. The number of ether oxygens (including phenoxy) is 1. The summed E-state index contributed by atoms with van der Waals surface area (Å²) in [4.78, 5) is 30.0. The van der Waals surface area contributed by atoms with Crippen LogP contribution in [0.1, 0.15) is 62.8 Å². The zero-order valence-electron chi connectivity index (χ0n) is 21.7. The Morgan fingerprint density at radius 3 is 2.36 bits per heavy atom. The van der Waals surface area contributed by atoms with Crippen molar-refractivity contribution < 1.29 is 23.8 Å². The Morgan fingerprint density at radius 1 is 1.06 bits per heavy atom. The van der Waals surface area contributed by atoms with Crippen molar-refractivity contribution in [1.29, 1.82) is 0 Å². The van der Waals surface area contributed by atoms with Gasteiger partial charge < -0.3 is 19.6 Å². The van der Waals surface area contributed by atoms with E-state index in [1.54, 1.807) is 19.1 Å². The Kier molecular flexibility index (Phi) is 9.65. The fourth-order valence-corrected chi connectivity index (χ4v) is 4.43. The maximum absolute atomic E-state index is 14.3. The minimum absolute atomic E-state index is 0.0283. The molecule has 194 valence electrons. The van der Waals surface area contributed by atoms with Crippen molar-refractivity contribution in [2.24, 2.45) is 0 Å². The molecule has 2 aromatic carbocycles. The summed E-state index contributed by atoms with van der Waals surface area (Å²) in [6.45, 7) is 11.0. The van der Waals surface area contributed by atoms with Gasteiger partial charge in [0.05, 0.1) is 18.2 Å².